The molecule has 3 N–H and O–H groups in total. The largest absolute Gasteiger partial charge is 0.292 e. The second-order valence-electron chi connectivity index (χ2n) is 5.09. The van der Waals surface area contributed by atoms with Gasteiger partial charge in [0, 0.05) is 11.0 Å². The fourth-order valence-corrected chi connectivity index (χ4v) is 1.82. The summed E-state index contributed by atoms with van der Waals surface area (Å²) in [5.41, 5.74) is -0.450. The molecule has 0 atom stereocenters. The number of nitrogens with one attached hydrogen (secondary N) is 1. The molecule has 0 fully saturated rings. The van der Waals surface area contributed by atoms with Crippen LogP contribution >= 0.6 is 0 Å². The molecule has 0 radical (unpaired) electrons. The number of benzene rings is 1. The van der Waals surface area contributed by atoms with Gasteiger partial charge in [0.25, 0.3) is 5.91 Å². The molecule has 0 aromatic heterocycles. The van der Waals surface area contributed by atoms with Crippen molar-refractivity contribution in [3.8, 4) is 0 Å². The van der Waals surface area contributed by atoms with E-state index in [2.05, 4.69) is 5.32 Å². The SMILES string of the molecule is CCC(C)(C)C(=O)NC(=O)c1ccc(S(N)(=O)=O)cc1. The normalized spacial score (nSPS) is 12.0. The summed E-state index contributed by atoms with van der Waals surface area (Å²) >= 11 is 0. The van der Waals surface area contributed by atoms with Crippen LogP contribution in [0, 0.1) is 5.41 Å². The van der Waals surface area contributed by atoms with Gasteiger partial charge in [0.1, 0.15) is 0 Å². The lowest BCUT2D eigenvalue weighted by Gasteiger charge is -2.20. The molecular formula is C13H18N2O4S. The average molecular weight is 298 g/mol. The van der Waals surface area contributed by atoms with Crippen LogP contribution < -0.4 is 10.5 Å². The third-order valence-electron chi connectivity index (χ3n) is 3.17. The van der Waals surface area contributed by atoms with E-state index in [1.54, 1.807) is 13.8 Å². The average Bonchev–Trinajstić information content (AvgIpc) is 2.37. The molecule has 6 nitrogen and oxygen atoms in total. The molecule has 2 amide bonds. The summed E-state index contributed by atoms with van der Waals surface area (Å²) in [6, 6.07) is 5.06. The summed E-state index contributed by atoms with van der Waals surface area (Å²) in [7, 11) is -3.79. The molecule has 0 bridgehead atoms. The van der Waals surface area contributed by atoms with Gasteiger partial charge in [-0.15, -0.1) is 0 Å². The molecule has 1 aromatic carbocycles. The first-order valence-corrected chi connectivity index (χ1v) is 7.61. The van der Waals surface area contributed by atoms with Gasteiger partial charge < -0.3 is 0 Å². The lowest BCUT2D eigenvalue weighted by Crippen LogP contribution is -2.40. The van der Waals surface area contributed by atoms with Crippen LogP contribution in [0.2, 0.25) is 0 Å². The number of primary sulfonamides is 1. The van der Waals surface area contributed by atoms with Crippen LogP contribution in [0.25, 0.3) is 0 Å². The van der Waals surface area contributed by atoms with Crippen molar-refractivity contribution in [2.24, 2.45) is 10.6 Å². The highest BCUT2D eigenvalue weighted by atomic mass is 32.2. The van der Waals surface area contributed by atoms with Gasteiger partial charge in [-0.2, -0.15) is 0 Å². The molecule has 0 saturated heterocycles. The number of hydrogen-bond donors (Lipinski definition) is 2. The van der Waals surface area contributed by atoms with Crippen LogP contribution in [0.5, 0.6) is 0 Å². The molecule has 0 heterocycles. The Morgan fingerprint density at radius 2 is 1.70 bits per heavy atom. The Labute approximate surface area is 118 Å². The zero-order chi connectivity index (χ0) is 15.6. The second-order valence-corrected chi connectivity index (χ2v) is 6.65. The summed E-state index contributed by atoms with van der Waals surface area (Å²) < 4.78 is 22.2. The molecule has 0 saturated carbocycles. The Balaban J connectivity index is 2.87. The molecule has 0 aliphatic heterocycles. The minimum Gasteiger partial charge on any atom is -0.292 e. The summed E-state index contributed by atoms with van der Waals surface area (Å²) in [5, 5.41) is 7.24. The van der Waals surface area contributed by atoms with Gasteiger partial charge >= 0.3 is 0 Å². The predicted octanol–water partition coefficient (Wildman–Crippen LogP) is 1.03. The van der Waals surface area contributed by atoms with Crippen molar-refractivity contribution in [3.05, 3.63) is 29.8 Å². The van der Waals surface area contributed by atoms with Crippen LogP contribution in [0.15, 0.2) is 29.2 Å². The lowest BCUT2D eigenvalue weighted by atomic mass is 9.89. The third-order valence-corrected chi connectivity index (χ3v) is 4.10. The molecule has 0 aliphatic carbocycles. The number of sulfonamides is 1. The predicted molar refractivity (Wildman–Crippen MR) is 74.4 cm³/mol. The highest BCUT2D eigenvalue weighted by molar-refractivity contribution is 7.89. The van der Waals surface area contributed by atoms with E-state index in [1.165, 1.54) is 24.3 Å². The van der Waals surface area contributed by atoms with Crippen LogP contribution in [0.1, 0.15) is 37.6 Å². The number of rotatable bonds is 4. The standard InChI is InChI=1S/C13H18N2O4S/c1-4-13(2,3)12(17)15-11(16)9-5-7-10(8-6-9)20(14,18)19/h5-8H,4H2,1-3H3,(H2,14,18,19)(H,15,16,17). The van der Waals surface area contributed by atoms with Crippen molar-refractivity contribution in [1.29, 1.82) is 0 Å². The Morgan fingerprint density at radius 1 is 1.20 bits per heavy atom. The highest BCUT2D eigenvalue weighted by Gasteiger charge is 2.27. The van der Waals surface area contributed by atoms with E-state index in [1.807, 2.05) is 6.92 Å². The van der Waals surface area contributed by atoms with Crippen molar-refractivity contribution in [3.63, 3.8) is 0 Å². The maximum Gasteiger partial charge on any atom is 0.257 e. The van der Waals surface area contributed by atoms with Crippen LogP contribution in [-0.4, -0.2) is 20.2 Å². The smallest absolute Gasteiger partial charge is 0.257 e. The van der Waals surface area contributed by atoms with Crippen molar-refractivity contribution in [2.45, 2.75) is 32.1 Å². The number of carbonyl (C=O) groups excluding carboxylic acids is 2. The highest BCUT2D eigenvalue weighted by Crippen LogP contribution is 2.19. The van der Waals surface area contributed by atoms with E-state index in [0.29, 0.717) is 6.42 Å². The van der Waals surface area contributed by atoms with E-state index in [9.17, 15) is 18.0 Å². The van der Waals surface area contributed by atoms with Crippen LogP contribution in [-0.2, 0) is 14.8 Å². The Hall–Kier alpha value is -1.73. The van der Waals surface area contributed by atoms with Gasteiger partial charge in [0.05, 0.1) is 4.90 Å². The fourth-order valence-electron chi connectivity index (χ4n) is 1.30. The molecular weight excluding hydrogens is 280 g/mol. The number of nitrogens with two attached hydrogens (primary N) is 1. The number of carbonyl (C=O) groups is 2. The first-order chi connectivity index (χ1) is 9.08. The molecule has 0 aliphatic rings. The van der Waals surface area contributed by atoms with Crippen molar-refractivity contribution < 1.29 is 18.0 Å². The Morgan fingerprint density at radius 3 is 2.10 bits per heavy atom. The fraction of sp³-hybridized carbons (Fsp3) is 0.385. The van der Waals surface area contributed by atoms with Crippen molar-refractivity contribution in [2.75, 3.05) is 0 Å². The van der Waals surface area contributed by atoms with E-state index >= 15 is 0 Å². The zero-order valence-corrected chi connectivity index (χ0v) is 12.5. The molecule has 20 heavy (non-hydrogen) atoms. The van der Waals surface area contributed by atoms with E-state index < -0.39 is 21.3 Å². The first-order valence-electron chi connectivity index (χ1n) is 6.06. The Kier molecular flexibility index (Phi) is 4.67. The van der Waals surface area contributed by atoms with Crippen LogP contribution in [0.3, 0.4) is 0 Å². The molecule has 1 aromatic rings. The minimum absolute atomic E-state index is 0.0886. The second kappa shape index (κ2) is 5.72. The summed E-state index contributed by atoms with van der Waals surface area (Å²) in [6.07, 6.45) is 0.594. The summed E-state index contributed by atoms with van der Waals surface area (Å²) in [5.74, 6) is -0.946. The molecule has 0 unspecified atom stereocenters. The Bertz CT molecular complexity index is 618. The van der Waals surface area contributed by atoms with Gasteiger partial charge in [0.2, 0.25) is 15.9 Å². The first kappa shape index (κ1) is 16.3. The van der Waals surface area contributed by atoms with E-state index in [0.717, 1.165) is 0 Å². The lowest BCUT2D eigenvalue weighted by molar-refractivity contribution is -0.128. The van der Waals surface area contributed by atoms with Gasteiger partial charge in [-0.1, -0.05) is 20.8 Å². The number of amides is 2. The maximum absolute atomic E-state index is 11.9. The zero-order valence-electron chi connectivity index (χ0n) is 11.6. The van der Waals surface area contributed by atoms with Gasteiger partial charge in [-0.3, -0.25) is 14.9 Å². The number of hydrogen-bond acceptors (Lipinski definition) is 4. The van der Waals surface area contributed by atoms with Crippen molar-refractivity contribution >= 4 is 21.8 Å². The van der Waals surface area contributed by atoms with Gasteiger partial charge in [-0.25, -0.2) is 13.6 Å². The van der Waals surface area contributed by atoms with Gasteiger partial charge in [-0.05, 0) is 30.7 Å². The topological polar surface area (TPSA) is 106 Å². The number of imide groups is 1. The minimum atomic E-state index is -3.79. The quantitative estimate of drug-likeness (QED) is 0.865. The van der Waals surface area contributed by atoms with E-state index in [-0.39, 0.29) is 16.4 Å². The molecule has 7 heteroatoms. The maximum atomic E-state index is 11.9. The molecule has 0 spiro atoms. The molecule has 1 rings (SSSR count). The van der Waals surface area contributed by atoms with E-state index in [4.69, 9.17) is 5.14 Å². The third kappa shape index (κ3) is 3.88. The summed E-state index contributed by atoms with van der Waals surface area (Å²) in [6.45, 7) is 5.32. The summed E-state index contributed by atoms with van der Waals surface area (Å²) in [4.78, 5) is 23.6. The monoisotopic (exact) mass is 298 g/mol. The van der Waals surface area contributed by atoms with Crippen LogP contribution in [0.4, 0.5) is 0 Å². The van der Waals surface area contributed by atoms with Crippen molar-refractivity contribution in [1.82, 2.24) is 5.32 Å². The molecule has 110 valence electrons. The van der Waals surface area contributed by atoms with Gasteiger partial charge in [0.15, 0.2) is 0 Å².